The molecule has 1 N–H and O–H groups in total. The summed E-state index contributed by atoms with van der Waals surface area (Å²) in [6.07, 6.45) is 2.23. The average Bonchev–Trinajstić information content (AvgIpc) is 2.48. The van der Waals surface area contributed by atoms with E-state index < -0.39 is 4.92 Å². The van der Waals surface area contributed by atoms with Crippen molar-refractivity contribution in [3.63, 3.8) is 0 Å². The first kappa shape index (κ1) is 15.0. The summed E-state index contributed by atoms with van der Waals surface area (Å²) in [7, 11) is 1.32. The van der Waals surface area contributed by atoms with Crippen molar-refractivity contribution in [2.45, 2.75) is 31.7 Å². The number of methoxy groups -OCH3 is 1. The van der Waals surface area contributed by atoms with E-state index in [4.69, 9.17) is 4.74 Å². The van der Waals surface area contributed by atoms with Crippen LogP contribution in [-0.2, 0) is 4.79 Å². The molecule has 1 aliphatic carbocycles. The maximum atomic E-state index is 12.1. The molecule has 1 aromatic carbocycles. The van der Waals surface area contributed by atoms with E-state index in [1.165, 1.54) is 25.3 Å². The third-order valence-corrected chi connectivity index (χ3v) is 3.52. The molecule has 1 aromatic rings. The lowest BCUT2D eigenvalue weighted by Crippen LogP contribution is -2.37. The number of nitrogens with zero attached hydrogens (tertiary/aromatic N) is 1. The minimum absolute atomic E-state index is 0.0311. The molecule has 0 heterocycles. The van der Waals surface area contributed by atoms with Crippen LogP contribution in [0.15, 0.2) is 18.2 Å². The Bertz CT molecular complexity index is 575. The normalized spacial score (nSPS) is 15.6. The minimum Gasteiger partial charge on any atom is -0.490 e. The van der Waals surface area contributed by atoms with Gasteiger partial charge in [0.25, 0.3) is 5.91 Å². The number of nitrogens with one attached hydrogen (secondary N) is 1. The molecule has 1 saturated carbocycles. The van der Waals surface area contributed by atoms with Crippen molar-refractivity contribution in [3.8, 4) is 5.75 Å². The summed E-state index contributed by atoms with van der Waals surface area (Å²) in [6.45, 7) is 0. The molecule has 21 heavy (non-hydrogen) atoms. The zero-order valence-electron chi connectivity index (χ0n) is 11.6. The number of benzene rings is 1. The van der Waals surface area contributed by atoms with Crippen LogP contribution >= 0.6 is 0 Å². The molecule has 7 heteroatoms. The molecule has 0 atom stereocenters. The molecule has 2 rings (SSSR count). The summed E-state index contributed by atoms with van der Waals surface area (Å²) >= 11 is 0. The van der Waals surface area contributed by atoms with Gasteiger partial charge in [0.15, 0.2) is 5.75 Å². The van der Waals surface area contributed by atoms with Crippen molar-refractivity contribution in [2.24, 2.45) is 0 Å². The smallest absolute Gasteiger partial charge is 0.310 e. The molecule has 0 bridgehead atoms. The summed E-state index contributed by atoms with van der Waals surface area (Å²) in [5.74, 6) is -0.0495. The lowest BCUT2D eigenvalue weighted by Gasteiger charge is -2.22. The highest BCUT2D eigenvalue weighted by Crippen LogP contribution is 2.27. The quantitative estimate of drug-likeness (QED) is 0.674. The van der Waals surface area contributed by atoms with E-state index in [2.05, 4.69) is 5.32 Å². The monoisotopic (exact) mass is 292 g/mol. The van der Waals surface area contributed by atoms with Gasteiger partial charge < -0.3 is 10.1 Å². The molecule has 0 unspecified atom stereocenters. The first-order valence-electron chi connectivity index (χ1n) is 6.66. The molecule has 112 valence electrons. The fourth-order valence-electron chi connectivity index (χ4n) is 2.32. The van der Waals surface area contributed by atoms with Crippen LogP contribution in [0.25, 0.3) is 0 Å². The van der Waals surface area contributed by atoms with Gasteiger partial charge in [0.05, 0.1) is 12.0 Å². The van der Waals surface area contributed by atoms with E-state index in [0.717, 1.165) is 0 Å². The van der Waals surface area contributed by atoms with E-state index in [-0.39, 0.29) is 29.2 Å². The van der Waals surface area contributed by atoms with Gasteiger partial charge in [-0.2, -0.15) is 0 Å². The number of ketones is 1. The average molecular weight is 292 g/mol. The summed E-state index contributed by atoms with van der Waals surface area (Å²) in [5, 5.41) is 13.6. The number of ether oxygens (including phenoxy) is 1. The number of hydrogen-bond acceptors (Lipinski definition) is 5. The Kier molecular flexibility index (Phi) is 4.52. The van der Waals surface area contributed by atoms with Crippen molar-refractivity contribution in [1.29, 1.82) is 0 Å². The Morgan fingerprint density at radius 3 is 2.62 bits per heavy atom. The molecule has 1 aliphatic rings. The SMILES string of the molecule is COc1cc(C(=O)NC2CCC(=O)CC2)ccc1[N+](=O)[O-]. The van der Waals surface area contributed by atoms with Crippen LogP contribution in [0.5, 0.6) is 5.75 Å². The molecule has 1 fully saturated rings. The second-order valence-corrected chi connectivity index (χ2v) is 4.93. The Labute approximate surface area is 121 Å². The number of rotatable bonds is 4. The lowest BCUT2D eigenvalue weighted by molar-refractivity contribution is -0.385. The fourth-order valence-corrected chi connectivity index (χ4v) is 2.32. The third kappa shape index (κ3) is 3.56. The Hall–Kier alpha value is -2.44. The Balaban J connectivity index is 2.09. The van der Waals surface area contributed by atoms with Gasteiger partial charge in [-0.25, -0.2) is 0 Å². The maximum Gasteiger partial charge on any atom is 0.310 e. The Morgan fingerprint density at radius 2 is 2.05 bits per heavy atom. The summed E-state index contributed by atoms with van der Waals surface area (Å²) in [6, 6.07) is 3.96. The molecule has 0 spiro atoms. The van der Waals surface area contributed by atoms with Crippen LogP contribution in [0.4, 0.5) is 5.69 Å². The van der Waals surface area contributed by atoms with E-state index >= 15 is 0 Å². The van der Waals surface area contributed by atoms with Crippen molar-refractivity contribution in [2.75, 3.05) is 7.11 Å². The van der Waals surface area contributed by atoms with Crippen LogP contribution < -0.4 is 10.1 Å². The van der Waals surface area contributed by atoms with Gasteiger partial charge in [0, 0.05) is 36.6 Å². The third-order valence-electron chi connectivity index (χ3n) is 3.52. The van der Waals surface area contributed by atoms with Crippen LogP contribution in [0.3, 0.4) is 0 Å². The van der Waals surface area contributed by atoms with Gasteiger partial charge >= 0.3 is 5.69 Å². The molecule has 0 radical (unpaired) electrons. The zero-order chi connectivity index (χ0) is 15.4. The minimum atomic E-state index is -0.562. The number of amides is 1. The number of Topliss-reactive ketones (excluding diaryl/α,β-unsaturated/α-hetero) is 1. The topological polar surface area (TPSA) is 98.5 Å². The van der Waals surface area contributed by atoms with Crippen molar-refractivity contribution in [3.05, 3.63) is 33.9 Å². The van der Waals surface area contributed by atoms with E-state index in [1.54, 1.807) is 0 Å². The van der Waals surface area contributed by atoms with E-state index in [9.17, 15) is 19.7 Å². The molecule has 1 amide bonds. The molecule has 7 nitrogen and oxygen atoms in total. The summed E-state index contributed by atoms with van der Waals surface area (Å²) in [5.41, 5.74) is 0.117. The standard InChI is InChI=1S/C14H16N2O5/c1-21-13-8-9(2-7-12(13)16(19)20)14(18)15-10-3-5-11(17)6-4-10/h2,7-8,10H,3-6H2,1H3,(H,15,18). The maximum absolute atomic E-state index is 12.1. The second kappa shape index (κ2) is 6.34. The molecule has 0 saturated heterocycles. The highest BCUT2D eigenvalue weighted by Gasteiger charge is 2.22. The van der Waals surface area contributed by atoms with Gasteiger partial charge in [-0.15, -0.1) is 0 Å². The van der Waals surface area contributed by atoms with Crippen LogP contribution in [-0.4, -0.2) is 29.8 Å². The lowest BCUT2D eigenvalue weighted by atomic mass is 9.94. The van der Waals surface area contributed by atoms with Crippen LogP contribution in [0.1, 0.15) is 36.0 Å². The van der Waals surface area contributed by atoms with E-state index in [0.29, 0.717) is 31.2 Å². The zero-order valence-corrected chi connectivity index (χ0v) is 11.6. The molecular weight excluding hydrogens is 276 g/mol. The molecule has 0 aliphatic heterocycles. The number of nitro groups is 1. The number of carbonyl (C=O) groups excluding carboxylic acids is 2. The molecular formula is C14H16N2O5. The van der Waals surface area contributed by atoms with Gasteiger partial charge in [-0.05, 0) is 18.9 Å². The van der Waals surface area contributed by atoms with Crippen molar-refractivity contribution < 1.29 is 19.2 Å². The predicted molar refractivity (Wildman–Crippen MR) is 74.4 cm³/mol. The predicted octanol–water partition coefficient (Wildman–Crippen LogP) is 1.84. The highest BCUT2D eigenvalue weighted by molar-refractivity contribution is 5.95. The van der Waals surface area contributed by atoms with Crippen LogP contribution in [0.2, 0.25) is 0 Å². The number of carbonyl (C=O) groups is 2. The second-order valence-electron chi connectivity index (χ2n) is 4.93. The number of nitro benzene ring substituents is 1. The summed E-state index contributed by atoms with van der Waals surface area (Å²) in [4.78, 5) is 33.5. The van der Waals surface area contributed by atoms with E-state index in [1.807, 2.05) is 0 Å². The van der Waals surface area contributed by atoms with Gasteiger partial charge in [0.2, 0.25) is 0 Å². The van der Waals surface area contributed by atoms with Crippen LogP contribution in [0, 0.1) is 10.1 Å². The first-order chi connectivity index (χ1) is 10.0. The van der Waals surface area contributed by atoms with Crippen molar-refractivity contribution in [1.82, 2.24) is 5.32 Å². The fraction of sp³-hybridized carbons (Fsp3) is 0.429. The van der Waals surface area contributed by atoms with Gasteiger partial charge in [0.1, 0.15) is 5.78 Å². The largest absolute Gasteiger partial charge is 0.490 e. The van der Waals surface area contributed by atoms with Crippen molar-refractivity contribution >= 4 is 17.4 Å². The highest BCUT2D eigenvalue weighted by atomic mass is 16.6. The number of hydrogen-bond donors (Lipinski definition) is 1. The first-order valence-corrected chi connectivity index (χ1v) is 6.66. The Morgan fingerprint density at radius 1 is 1.38 bits per heavy atom. The molecule has 0 aromatic heterocycles. The summed E-state index contributed by atoms with van der Waals surface area (Å²) < 4.78 is 4.94. The van der Waals surface area contributed by atoms with Gasteiger partial charge in [-0.3, -0.25) is 19.7 Å². The van der Waals surface area contributed by atoms with Gasteiger partial charge in [-0.1, -0.05) is 0 Å².